The number of halogens is 4. The normalized spacial score (nSPS) is 16.6. The fourth-order valence-corrected chi connectivity index (χ4v) is 4.48. The number of fused-ring (bicyclic) bond motifs is 3. The van der Waals surface area contributed by atoms with Crippen LogP contribution in [0.25, 0.3) is 10.9 Å². The minimum atomic E-state index is -4.35. The Kier molecular flexibility index (Phi) is 7.57. The molecule has 1 atom stereocenters. The highest BCUT2D eigenvalue weighted by Crippen LogP contribution is 2.42. The number of hydrogen-bond acceptors (Lipinski definition) is 5. The van der Waals surface area contributed by atoms with Crippen molar-refractivity contribution in [3.63, 3.8) is 0 Å². The summed E-state index contributed by atoms with van der Waals surface area (Å²) >= 11 is 0. The number of ether oxygens (including phenoxy) is 2. The first kappa shape index (κ1) is 24.3. The van der Waals surface area contributed by atoms with E-state index in [1.807, 2.05) is 24.3 Å². The number of para-hydroxylation sites is 1. The van der Waals surface area contributed by atoms with Crippen molar-refractivity contribution >= 4 is 10.9 Å². The van der Waals surface area contributed by atoms with Gasteiger partial charge in [0.1, 0.15) is 12.4 Å². The number of hydrogen-bond donors (Lipinski definition) is 2. The molecule has 3 heterocycles. The molecule has 0 radical (unpaired) electrons. The standard InChI is InChI=1S/C24H28F4N4O2/c1-33-20-13-21(34-12-10-29-9-4-8-25)30-14-18(20)23-22-17(7-11-32(23)15-24(26,27)28)16-5-2-3-6-19(16)31-22/h2-3,5-6,13-14,23,29,31H,4,7-12,15H2,1H3. The summed E-state index contributed by atoms with van der Waals surface area (Å²) < 4.78 is 63.7. The van der Waals surface area contributed by atoms with Gasteiger partial charge in [-0.2, -0.15) is 13.2 Å². The third-order valence-corrected chi connectivity index (χ3v) is 5.92. The number of methoxy groups -OCH3 is 1. The van der Waals surface area contributed by atoms with E-state index in [0.29, 0.717) is 49.7 Å². The third kappa shape index (κ3) is 5.44. The Hall–Kier alpha value is -2.85. The van der Waals surface area contributed by atoms with Gasteiger partial charge in [-0.3, -0.25) is 9.29 Å². The minimum absolute atomic E-state index is 0.255. The molecule has 0 saturated heterocycles. The fraction of sp³-hybridized carbons (Fsp3) is 0.458. The molecule has 1 aliphatic rings. The maximum atomic E-state index is 13.5. The van der Waals surface area contributed by atoms with Gasteiger partial charge in [0, 0.05) is 47.5 Å². The molecule has 2 N–H and O–H groups in total. The molecular formula is C24H28F4N4O2. The summed E-state index contributed by atoms with van der Waals surface area (Å²) in [5, 5.41) is 4.07. The lowest BCUT2D eigenvalue weighted by Crippen LogP contribution is -2.42. The highest BCUT2D eigenvalue weighted by atomic mass is 19.4. The van der Waals surface area contributed by atoms with Crippen LogP contribution in [0.1, 0.15) is 29.3 Å². The zero-order valence-corrected chi connectivity index (χ0v) is 18.9. The first-order valence-electron chi connectivity index (χ1n) is 11.2. The number of aromatic amines is 1. The molecule has 0 bridgehead atoms. The number of aromatic nitrogens is 2. The molecule has 1 unspecified atom stereocenters. The van der Waals surface area contributed by atoms with E-state index in [1.165, 1.54) is 18.2 Å². The fourth-order valence-electron chi connectivity index (χ4n) is 4.48. The number of pyridine rings is 1. The molecule has 0 spiro atoms. The molecule has 0 fully saturated rings. The molecule has 3 aromatic rings. The lowest BCUT2D eigenvalue weighted by molar-refractivity contribution is -0.150. The van der Waals surface area contributed by atoms with E-state index in [2.05, 4.69) is 15.3 Å². The van der Waals surface area contributed by atoms with Gasteiger partial charge in [0.05, 0.1) is 26.4 Å². The molecular weight excluding hydrogens is 452 g/mol. The first-order chi connectivity index (χ1) is 16.4. The van der Waals surface area contributed by atoms with Crippen molar-refractivity contribution in [1.29, 1.82) is 0 Å². The molecule has 1 aromatic carbocycles. The first-order valence-corrected chi connectivity index (χ1v) is 11.2. The van der Waals surface area contributed by atoms with Crippen molar-refractivity contribution in [1.82, 2.24) is 20.2 Å². The molecule has 6 nitrogen and oxygen atoms in total. The Labute approximate surface area is 195 Å². The largest absolute Gasteiger partial charge is 0.496 e. The lowest BCUT2D eigenvalue weighted by Gasteiger charge is -2.36. The second kappa shape index (κ2) is 10.6. The van der Waals surface area contributed by atoms with E-state index >= 15 is 0 Å². The predicted octanol–water partition coefficient (Wildman–Crippen LogP) is 4.41. The number of nitrogens with zero attached hydrogens (tertiary/aromatic N) is 2. The lowest BCUT2D eigenvalue weighted by atomic mass is 9.92. The van der Waals surface area contributed by atoms with E-state index in [-0.39, 0.29) is 13.2 Å². The highest BCUT2D eigenvalue weighted by molar-refractivity contribution is 5.85. The van der Waals surface area contributed by atoms with E-state index in [1.54, 1.807) is 6.07 Å². The van der Waals surface area contributed by atoms with Crippen LogP contribution in [0, 0.1) is 0 Å². The Morgan fingerprint density at radius 3 is 2.82 bits per heavy atom. The Balaban J connectivity index is 1.64. The van der Waals surface area contributed by atoms with Crippen molar-refractivity contribution in [3.05, 3.63) is 53.3 Å². The van der Waals surface area contributed by atoms with Crippen molar-refractivity contribution < 1.29 is 27.0 Å². The number of rotatable bonds is 10. The second-order valence-electron chi connectivity index (χ2n) is 8.21. The molecule has 34 heavy (non-hydrogen) atoms. The minimum Gasteiger partial charge on any atom is -0.496 e. The van der Waals surface area contributed by atoms with E-state index in [9.17, 15) is 17.6 Å². The van der Waals surface area contributed by atoms with Crippen LogP contribution in [0.5, 0.6) is 11.6 Å². The Morgan fingerprint density at radius 1 is 1.24 bits per heavy atom. The van der Waals surface area contributed by atoms with E-state index < -0.39 is 18.8 Å². The summed E-state index contributed by atoms with van der Waals surface area (Å²) in [7, 11) is 1.48. The van der Waals surface area contributed by atoms with Crippen molar-refractivity contribution in [3.8, 4) is 11.6 Å². The zero-order chi connectivity index (χ0) is 24.1. The average molecular weight is 481 g/mol. The van der Waals surface area contributed by atoms with Gasteiger partial charge in [-0.15, -0.1) is 0 Å². The van der Waals surface area contributed by atoms with Crippen LogP contribution < -0.4 is 14.8 Å². The average Bonchev–Trinajstić information content (AvgIpc) is 3.19. The number of benzene rings is 1. The number of nitrogens with one attached hydrogen (secondary N) is 2. The Bertz CT molecular complexity index is 1100. The number of alkyl halides is 4. The van der Waals surface area contributed by atoms with Gasteiger partial charge in [0.2, 0.25) is 5.88 Å². The Morgan fingerprint density at radius 2 is 2.06 bits per heavy atom. The topological polar surface area (TPSA) is 62.4 Å². The second-order valence-corrected chi connectivity index (χ2v) is 8.21. The highest BCUT2D eigenvalue weighted by Gasteiger charge is 2.40. The van der Waals surface area contributed by atoms with Crippen LogP contribution >= 0.6 is 0 Å². The molecule has 0 saturated carbocycles. The summed E-state index contributed by atoms with van der Waals surface area (Å²) in [6.45, 7) is 0.227. The zero-order valence-electron chi connectivity index (χ0n) is 18.9. The van der Waals surface area contributed by atoms with Gasteiger partial charge in [-0.25, -0.2) is 4.98 Å². The van der Waals surface area contributed by atoms with Gasteiger partial charge in [-0.1, -0.05) is 18.2 Å². The van der Waals surface area contributed by atoms with Crippen LogP contribution in [-0.4, -0.2) is 67.6 Å². The summed E-state index contributed by atoms with van der Waals surface area (Å²) in [5.41, 5.74) is 3.16. The molecule has 184 valence electrons. The van der Waals surface area contributed by atoms with Gasteiger partial charge in [0.15, 0.2) is 0 Å². The molecule has 0 amide bonds. The van der Waals surface area contributed by atoms with Gasteiger partial charge in [-0.05, 0) is 31.0 Å². The van der Waals surface area contributed by atoms with Crippen molar-refractivity contribution in [2.24, 2.45) is 0 Å². The van der Waals surface area contributed by atoms with Crippen LogP contribution in [0.3, 0.4) is 0 Å². The predicted molar refractivity (Wildman–Crippen MR) is 121 cm³/mol. The SMILES string of the molecule is COc1cc(OCCNCCCF)ncc1C1c2[nH]c3ccccc3c2CCN1CC(F)(F)F. The monoisotopic (exact) mass is 480 g/mol. The smallest absolute Gasteiger partial charge is 0.401 e. The van der Waals surface area contributed by atoms with Gasteiger partial charge >= 0.3 is 6.18 Å². The third-order valence-electron chi connectivity index (χ3n) is 5.92. The summed E-state index contributed by atoms with van der Waals surface area (Å²) in [4.78, 5) is 9.10. The number of H-pyrrole nitrogens is 1. The summed E-state index contributed by atoms with van der Waals surface area (Å²) in [6.07, 6.45) is -1.87. The van der Waals surface area contributed by atoms with E-state index in [0.717, 1.165) is 22.2 Å². The molecule has 1 aliphatic heterocycles. The summed E-state index contributed by atoms with van der Waals surface area (Å²) in [6, 6.07) is 8.63. The van der Waals surface area contributed by atoms with Crippen LogP contribution in [0.2, 0.25) is 0 Å². The molecule has 0 aliphatic carbocycles. The maximum Gasteiger partial charge on any atom is 0.401 e. The quantitative estimate of drug-likeness (QED) is 0.333. The van der Waals surface area contributed by atoms with Crippen molar-refractivity contribution in [2.45, 2.75) is 25.1 Å². The molecule has 2 aromatic heterocycles. The summed E-state index contributed by atoms with van der Waals surface area (Å²) in [5.74, 6) is 0.710. The maximum absolute atomic E-state index is 13.5. The molecule has 10 heteroatoms. The van der Waals surface area contributed by atoms with Crippen molar-refractivity contribution in [2.75, 3.05) is 46.6 Å². The van der Waals surface area contributed by atoms with E-state index in [4.69, 9.17) is 9.47 Å². The van der Waals surface area contributed by atoms with Gasteiger partial charge in [0.25, 0.3) is 0 Å². The van der Waals surface area contributed by atoms with Crippen LogP contribution in [0.15, 0.2) is 36.5 Å². The van der Waals surface area contributed by atoms with Crippen LogP contribution in [0.4, 0.5) is 17.6 Å². The van der Waals surface area contributed by atoms with Gasteiger partial charge < -0.3 is 19.8 Å². The molecule has 4 rings (SSSR count). The van der Waals surface area contributed by atoms with Crippen LogP contribution in [-0.2, 0) is 6.42 Å².